The van der Waals surface area contributed by atoms with Gasteiger partial charge in [-0.2, -0.15) is 4.31 Å². The van der Waals surface area contributed by atoms with Gasteiger partial charge in [-0.15, -0.1) is 0 Å². The summed E-state index contributed by atoms with van der Waals surface area (Å²) in [6, 6.07) is 0. The predicted octanol–water partition coefficient (Wildman–Crippen LogP) is -0.514. The molecule has 18 heavy (non-hydrogen) atoms. The molecule has 0 spiro atoms. The number of nitrogens with two attached hydrogens (primary N) is 1. The number of aromatic nitrogens is 2. The van der Waals surface area contributed by atoms with Crippen molar-refractivity contribution in [2.24, 2.45) is 17.9 Å². The normalized spacial score (nSPS) is 13.2. The number of aryl methyl sites for hydroxylation is 2. The Morgan fingerprint density at radius 3 is 2.67 bits per heavy atom. The van der Waals surface area contributed by atoms with E-state index in [-0.39, 0.29) is 24.0 Å². The van der Waals surface area contributed by atoms with Gasteiger partial charge < -0.3 is 15.5 Å². The van der Waals surface area contributed by atoms with Gasteiger partial charge >= 0.3 is 0 Å². The van der Waals surface area contributed by atoms with Gasteiger partial charge in [0, 0.05) is 19.8 Å². The predicted molar refractivity (Wildman–Crippen MR) is 65.8 cm³/mol. The fourth-order valence-corrected chi connectivity index (χ4v) is 2.81. The molecule has 3 N–H and O–H groups in total. The molecule has 1 aromatic heterocycles. The number of oxime groups is 1. The third-order valence-corrected chi connectivity index (χ3v) is 4.30. The Kier molecular flexibility index (Phi) is 4.30. The maximum atomic E-state index is 12.2. The molecule has 0 saturated carbocycles. The quantitative estimate of drug-likeness (QED) is 0.325. The Bertz CT molecular complexity index is 529. The SMILES string of the molecule is CCN(CC(N)=NO)S(=O)(=O)c1cn(C)c(C)n1. The van der Waals surface area contributed by atoms with E-state index in [9.17, 15) is 8.42 Å². The molecular formula is C9H17N5O3S. The summed E-state index contributed by atoms with van der Waals surface area (Å²) in [6.45, 7) is 3.40. The maximum Gasteiger partial charge on any atom is 0.262 e. The molecule has 0 unspecified atom stereocenters. The second kappa shape index (κ2) is 5.36. The monoisotopic (exact) mass is 275 g/mol. The summed E-state index contributed by atoms with van der Waals surface area (Å²) in [7, 11) is -2.02. The van der Waals surface area contributed by atoms with Crippen LogP contribution in [0.3, 0.4) is 0 Å². The number of hydrogen-bond acceptors (Lipinski definition) is 5. The smallest absolute Gasteiger partial charge is 0.262 e. The number of nitrogens with zero attached hydrogens (tertiary/aromatic N) is 4. The zero-order valence-electron chi connectivity index (χ0n) is 10.5. The second-order valence-electron chi connectivity index (χ2n) is 3.76. The molecule has 0 saturated heterocycles. The molecular weight excluding hydrogens is 258 g/mol. The molecule has 1 heterocycles. The highest BCUT2D eigenvalue weighted by atomic mass is 32.2. The van der Waals surface area contributed by atoms with Gasteiger partial charge in [0.15, 0.2) is 10.9 Å². The van der Waals surface area contributed by atoms with Crippen LogP contribution in [0, 0.1) is 6.92 Å². The molecule has 0 aliphatic heterocycles. The van der Waals surface area contributed by atoms with Crippen molar-refractivity contribution in [1.29, 1.82) is 0 Å². The van der Waals surface area contributed by atoms with Crippen molar-refractivity contribution in [3.8, 4) is 0 Å². The van der Waals surface area contributed by atoms with Crippen molar-refractivity contribution in [1.82, 2.24) is 13.9 Å². The topological polar surface area (TPSA) is 114 Å². The number of imidazole rings is 1. The highest BCUT2D eigenvalue weighted by Gasteiger charge is 2.26. The van der Waals surface area contributed by atoms with Gasteiger partial charge in [0.05, 0.1) is 6.54 Å². The lowest BCUT2D eigenvalue weighted by atomic mass is 10.6. The maximum absolute atomic E-state index is 12.2. The standard InChI is InChI=1S/C9H17N5O3S/c1-4-14(5-8(10)12-15)18(16,17)9-6-13(3)7(2)11-9/h6,15H,4-5H2,1-3H3,(H2,10,12). The number of rotatable bonds is 5. The average Bonchev–Trinajstić information content (AvgIpc) is 2.66. The summed E-state index contributed by atoms with van der Waals surface area (Å²) in [5, 5.41) is 11.2. The van der Waals surface area contributed by atoms with Gasteiger partial charge in [-0.25, -0.2) is 13.4 Å². The first-order chi connectivity index (χ1) is 8.32. The van der Waals surface area contributed by atoms with Crippen molar-refractivity contribution in [2.45, 2.75) is 18.9 Å². The summed E-state index contributed by atoms with van der Waals surface area (Å²) >= 11 is 0. The Labute approximate surface area is 106 Å². The zero-order chi connectivity index (χ0) is 13.9. The molecule has 0 radical (unpaired) electrons. The van der Waals surface area contributed by atoms with Crippen molar-refractivity contribution in [3.05, 3.63) is 12.0 Å². The fraction of sp³-hybridized carbons (Fsp3) is 0.556. The van der Waals surface area contributed by atoms with Crippen molar-refractivity contribution >= 4 is 15.9 Å². The lowest BCUT2D eigenvalue weighted by Crippen LogP contribution is -2.38. The Hall–Kier alpha value is -1.61. The van der Waals surface area contributed by atoms with E-state index in [0.717, 1.165) is 4.31 Å². The molecule has 8 nitrogen and oxygen atoms in total. The summed E-state index contributed by atoms with van der Waals surface area (Å²) in [4.78, 5) is 3.97. The highest BCUT2D eigenvalue weighted by molar-refractivity contribution is 7.89. The second-order valence-corrected chi connectivity index (χ2v) is 5.64. The number of likely N-dealkylation sites (N-methyl/N-ethyl adjacent to an activating group) is 1. The lowest BCUT2D eigenvalue weighted by Gasteiger charge is -2.17. The minimum Gasteiger partial charge on any atom is -0.409 e. The van der Waals surface area contributed by atoms with Crippen LogP contribution in [0.25, 0.3) is 0 Å². The van der Waals surface area contributed by atoms with E-state index in [4.69, 9.17) is 10.9 Å². The van der Waals surface area contributed by atoms with Crippen LogP contribution in [0.2, 0.25) is 0 Å². The van der Waals surface area contributed by atoms with Crippen LogP contribution in [0.1, 0.15) is 12.7 Å². The van der Waals surface area contributed by atoms with Crippen LogP contribution >= 0.6 is 0 Å². The Morgan fingerprint density at radius 1 is 1.67 bits per heavy atom. The first-order valence-electron chi connectivity index (χ1n) is 5.29. The molecule has 0 fully saturated rings. The van der Waals surface area contributed by atoms with Gasteiger partial charge in [0.1, 0.15) is 5.82 Å². The highest BCUT2D eigenvalue weighted by Crippen LogP contribution is 2.14. The minimum absolute atomic E-state index is 0.0462. The molecule has 1 aromatic rings. The van der Waals surface area contributed by atoms with E-state index in [0.29, 0.717) is 5.82 Å². The van der Waals surface area contributed by atoms with E-state index in [1.54, 1.807) is 25.5 Å². The largest absolute Gasteiger partial charge is 0.409 e. The minimum atomic E-state index is -3.73. The van der Waals surface area contributed by atoms with Crippen LogP contribution in [-0.2, 0) is 17.1 Å². The summed E-state index contributed by atoms with van der Waals surface area (Å²) < 4.78 is 27.2. The average molecular weight is 275 g/mol. The van der Waals surface area contributed by atoms with E-state index >= 15 is 0 Å². The molecule has 0 atom stereocenters. The van der Waals surface area contributed by atoms with Gasteiger partial charge in [-0.1, -0.05) is 12.1 Å². The lowest BCUT2D eigenvalue weighted by molar-refractivity contribution is 0.315. The first kappa shape index (κ1) is 14.5. The molecule has 0 aromatic carbocycles. The van der Waals surface area contributed by atoms with Gasteiger partial charge in [0.2, 0.25) is 0 Å². The number of hydrogen-bond donors (Lipinski definition) is 2. The first-order valence-corrected chi connectivity index (χ1v) is 6.73. The molecule has 0 aliphatic rings. The number of amidine groups is 1. The van der Waals surface area contributed by atoms with Crippen LogP contribution < -0.4 is 5.73 Å². The molecule has 1 rings (SSSR count). The van der Waals surface area contributed by atoms with Gasteiger partial charge in [-0.3, -0.25) is 0 Å². The van der Waals surface area contributed by atoms with Crippen LogP contribution in [0.15, 0.2) is 16.4 Å². The zero-order valence-corrected chi connectivity index (χ0v) is 11.3. The molecule has 0 bridgehead atoms. The Morgan fingerprint density at radius 2 is 2.28 bits per heavy atom. The van der Waals surface area contributed by atoms with E-state index in [1.165, 1.54) is 6.20 Å². The van der Waals surface area contributed by atoms with Crippen molar-refractivity contribution in [3.63, 3.8) is 0 Å². The third-order valence-electron chi connectivity index (χ3n) is 2.51. The van der Waals surface area contributed by atoms with Crippen molar-refractivity contribution < 1.29 is 13.6 Å². The van der Waals surface area contributed by atoms with Crippen LogP contribution in [0.5, 0.6) is 0 Å². The van der Waals surface area contributed by atoms with E-state index < -0.39 is 10.0 Å². The molecule has 0 aliphatic carbocycles. The molecule has 0 amide bonds. The van der Waals surface area contributed by atoms with E-state index in [1.807, 2.05) is 0 Å². The third kappa shape index (κ3) is 2.79. The van der Waals surface area contributed by atoms with Crippen LogP contribution in [-0.4, -0.2) is 46.4 Å². The van der Waals surface area contributed by atoms with Crippen molar-refractivity contribution in [2.75, 3.05) is 13.1 Å². The fourth-order valence-electron chi connectivity index (χ4n) is 1.36. The van der Waals surface area contributed by atoms with E-state index in [2.05, 4.69) is 10.1 Å². The summed E-state index contributed by atoms with van der Waals surface area (Å²) in [5.74, 6) is 0.418. The number of sulfonamides is 1. The van der Waals surface area contributed by atoms with Gasteiger partial charge in [-0.05, 0) is 6.92 Å². The molecule has 9 heteroatoms. The summed E-state index contributed by atoms with van der Waals surface area (Å²) in [5.41, 5.74) is 5.33. The molecule has 102 valence electrons. The summed E-state index contributed by atoms with van der Waals surface area (Å²) in [6.07, 6.45) is 1.43. The Balaban J connectivity index is 3.11. The van der Waals surface area contributed by atoms with Crippen LogP contribution in [0.4, 0.5) is 0 Å². The van der Waals surface area contributed by atoms with Gasteiger partial charge in [0.25, 0.3) is 10.0 Å².